The molecule has 0 aliphatic heterocycles. The van der Waals surface area contributed by atoms with Crippen LogP contribution in [-0.4, -0.2) is 31.1 Å². The SMILES string of the molecule is CCCCN(CC)CCCC(C)CN. The van der Waals surface area contributed by atoms with E-state index in [1.54, 1.807) is 0 Å². The minimum absolute atomic E-state index is 0.694. The number of unbranched alkanes of at least 4 members (excludes halogenated alkanes) is 1. The van der Waals surface area contributed by atoms with Crippen LogP contribution < -0.4 is 5.73 Å². The molecule has 0 heterocycles. The molecular weight excluding hydrogens is 172 g/mol. The van der Waals surface area contributed by atoms with Crippen molar-refractivity contribution in [3.05, 3.63) is 0 Å². The Labute approximate surface area is 89.9 Å². The Bertz CT molecular complexity index is 115. The van der Waals surface area contributed by atoms with E-state index in [1.165, 1.54) is 45.3 Å². The molecule has 86 valence electrons. The third kappa shape index (κ3) is 7.34. The molecule has 0 aromatic heterocycles. The van der Waals surface area contributed by atoms with Crippen LogP contribution in [0.25, 0.3) is 0 Å². The zero-order chi connectivity index (χ0) is 10.8. The lowest BCUT2D eigenvalue weighted by Gasteiger charge is -2.20. The van der Waals surface area contributed by atoms with Crippen LogP contribution in [0.2, 0.25) is 0 Å². The molecule has 0 aromatic rings. The molecule has 2 heteroatoms. The normalized spacial score (nSPS) is 13.5. The van der Waals surface area contributed by atoms with Crippen molar-refractivity contribution in [2.45, 2.75) is 46.5 Å². The zero-order valence-electron chi connectivity index (χ0n) is 10.3. The van der Waals surface area contributed by atoms with Gasteiger partial charge in [-0.2, -0.15) is 0 Å². The molecule has 1 unspecified atom stereocenters. The highest BCUT2D eigenvalue weighted by Gasteiger charge is 2.03. The molecule has 0 saturated heterocycles. The van der Waals surface area contributed by atoms with Crippen LogP contribution in [-0.2, 0) is 0 Å². The third-order valence-electron chi connectivity index (χ3n) is 2.85. The van der Waals surface area contributed by atoms with Crippen molar-refractivity contribution in [1.82, 2.24) is 4.90 Å². The number of nitrogens with two attached hydrogens (primary N) is 1. The Hall–Kier alpha value is -0.0800. The molecule has 0 bridgehead atoms. The summed E-state index contributed by atoms with van der Waals surface area (Å²) in [6.07, 6.45) is 5.21. The van der Waals surface area contributed by atoms with E-state index in [9.17, 15) is 0 Å². The van der Waals surface area contributed by atoms with Crippen LogP contribution in [0, 0.1) is 5.92 Å². The second kappa shape index (κ2) is 9.47. The summed E-state index contributed by atoms with van der Waals surface area (Å²) in [7, 11) is 0. The van der Waals surface area contributed by atoms with Crippen molar-refractivity contribution in [3.8, 4) is 0 Å². The van der Waals surface area contributed by atoms with Gasteiger partial charge in [0.2, 0.25) is 0 Å². The Balaban J connectivity index is 3.42. The summed E-state index contributed by atoms with van der Waals surface area (Å²) < 4.78 is 0. The van der Waals surface area contributed by atoms with Gasteiger partial charge in [0.15, 0.2) is 0 Å². The fourth-order valence-corrected chi connectivity index (χ4v) is 1.59. The van der Waals surface area contributed by atoms with Crippen molar-refractivity contribution in [2.24, 2.45) is 11.7 Å². The molecule has 1 atom stereocenters. The van der Waals surface area contributed by atoms with Crippen molar-refractivity contribution in [3.63, 3.8) is 0 Å². The standard InChI is InChI=1S/C12H28N2/c1-4-6-9-14(5-2)10-7-8-12(3)11-13/h12H,4-11,13H2,1-3H3. The van der Waals surface area contributed by atoms with Gasteiger partial charge in [-0.25, -0.2) is 0 Å². The maximum absolute atomic E-state index is 5.59. The van der Waals surface area contributed by atoms with Crippen molar-refractivity contribution >= 4 is 0 Å². The molecule has 0 aliphatic rings. The van der Waals surface area contributed by atoms with Gasteiger partial charge in [-0.05, 0) is 51.4 Å². The highest BCUT2D eigenvalue weighted by atomic mass is 15.1. The van der Waals surface area contributed by atoms with Gasteiger partial charge < -0.3 is 10.6 Å². The Morgan fingerprint density at radius 1 is 1.14 bits per heavy atom. The molecule has 0 saturated carbocycles. The fraction of sp³-hybridized carbons (Fsp3) is 1.00. The van der Waals surface area contributed by atoms with Crippen LogP contribution in [0.1, 0.15) is 46.5 Å². The molecule has 14 heavy (non-hydrogen) atoms. The monoisotopic (exact) mass is 200 g/mol. The van der Waals surface area contributed by atoms with Crippen molar-refractivity contribution < 1.29 is 0 Å². The van der Waals surface area contributed by atoms with Crippen LogP contribution in [0.4, 0.5) is 0 Å². The molecule has 0 fully saturated rings. The van der Waals surface area contributed by atoms with Crippen LogP contribution >= 0.6 is 0 Å². The van der Waals surface area contributed by atoms with Crippen LogP contribution in [0.3, 0.4) is 0 Å². The first-order chi connectivity index (χ1) is 6.74. The summed E-state index contributed by atoms with van der Waals surface area (Å²) >= 11 is 0. The molecule has 0 spiro atoms. The van der Waals surface area contributed by atoms with E-state index in [0.717, 1.165) is 6.54 Å². The van der Waals surface area contributed by atoms with Gasteiger partial charge >= 0.3 is 0 Å². The fourth-order valence-electron chi connectivity index (χ4n) is 1.59. The lowest BCUT2D eigenvalue weighted by molar-refractivity contribution is 0.271. The van der Waals surface area contributed by atoms with E-state index in [0.29, 0.717) is 5.92 Å². The van der Waals surface area contributed by atoms with Gasteiger partial charge in [-0.3, -0.25) is 0 Å². The van der Waals surface area contributed by atoms with E-state index >= 15 is 0 Å². The van der Waals surface area contributed by atoms with Gasteiger partial charge in [0.25, 0.3) is 0 Å². The predicted octanol–water partition coefficient (Wildman–Crippen LogP) is 2.48. The second-order valence-corrected chi connectivity index (χ2v) is 4.27. The predicted molar refractivity (Wildman–Crippen MR) is 64.5 cm³/mol. The van der Waals surface area contributed by atoms with Crippen LogP contribution in [0.5, 0.6) is 0 Å². The maximum Gasteiger partial charge on any atom is -0.00187 e. The summed E-state index contributed by atoms with van der Waals surface area (Å²) in [4.78, 5) is 2.55. The molecule has 0 aliphatic carbocycles. The highest BCUT2D eigenvalue weighted by molar-refractivity contribution is 4.59. The minimum atomic E-state index is 0.694. The molecule has 0 rings (SSSR count). The van der Waals surface area contributed by atoms with E-state index in [1.807, 2.05) is 0 Å². The summed E-state index contributed by atoms with van der Waals surface area (Å²) in [5.41, 5.74) is 5.59. The number of hydrogen-bond acceptors (Lipinski definition) is 2. The Morgan fingerprint density at radius 2 is 1.79 bits per heavy atom. The molecular formula is C12H28N2. The average Bonchev–Trinajstić information content (AvgIpc) is 2.22. The first-order valence-electron chi connectivity index (χ1n) is 6.16. The smallest absolute Gasteiger partial charge is 0.00187 e. The number of rotatable bonds is 9. The number of nitrogens with zero attached hydrogens (tertiary/aromatic N) is 1. The molecule has 2 nitrogen and oxygen atoms in total. The van der Waals surface area contributed by atoms with Crippen LogP contribution in [0.15, 0.2) is 0 Å². The quantitative estimate of drug-likeness (QED) is 0.619. The molecule has 2 N–H and O–H groups in total. The largest absolute Gasteiger partial charge is 0.330 e. The summed E-state index contributed by atoms with van der Waals surface area (Å²) in [5, 5.41) is 0. The lowest BCUT2D eigenvalue weighted by atomic mass is 10.1. The van der Waals surface area contributed by atoms with E-state index in [-0.39, 0.29) is 0 Å². The summed E-state index contributed by atoms with van der Waals surface area (Å²) in [5.74, 6) is 0.694. The maximum atomic E-state index is 5.59. The van der Waals surface area contributed by atoms with Crippen molar-refractivity contribution in [2.75, 3.05) is 26.2 Å². The molecule has 0 radical (unpaired) electrons. The first kappa shape index (κ1) is 13.9. The zero-order valence-corrected chi connectivity index (χ0v) is 10.3. The average molecular weight is 200 g/mol. The highest BCUT2D eigenvalue weighted by Crippen LogP contribution is 2.05. The van der Waals surface area contributed by atoms with Gasteiger partial charge in [0.05, 0.1) is 0 Å². The van der Waals surface area contributed by atoms with E-state index < -0.39 is 0 Å². The molecule has 0 amide bonds. The van der Waals surface area contributed by atoms with Crippen molar-refractivity contribution in [1.29, 1.82) is 0 Å². The van der Waals surface area contributed by atoms with Gasteiger partial charge in [0.1, 0.15) is 0 Å². The first-order valence-corrected chi connectivity index (χ1v) is 6.16. The summed E-state index contributed by atoms with van der Waals surface area (Å²) in [6.45, 7) is 11.3. The van der Waals surface area contributed by atoms with E-state index in [2.05, 4.69) is 25.7 Å². The topological polar surface area (TPSA) is 29.3 Å². The van der Waals surface area contributed by atoms with Gasteiger partial charge in [-0.15, -0.1) is 0 Å². The van der Waals surface area contributed by atoms with Gasteiger partial charge in [-0.1, -0.05) is 27.2 Å². The van der Waals surface area contributed by atoms with E-state index in [4.69, 9.17) is 5.73 Å². The molecule has 0 aromatic carbocycles. The third-order valence-corrected chi connectivity index (χ3v) is 2.85. The Morgan fingerprint density at radius 3 is 2.29 bits per heavy atom. The lowest BCUT2D eigenvalue weighted by Crippen LogP contribution is -2.26. The minimum Gasteiger partial charge on any atom is -0.330 e. The second-order valence-electron chi connectivity index (χ2n) is 4.27. The van der Waals surface area contributed by atoms with Gasteiger partial charge in [0, 0.05) is 0 Å². The number of hydrogen-bond donors (Lipinski definition) is 1. The summed E-state index contributed by atoms with van der Waals surface area (Å²) in [6, 6.07) is 0. The Kier molecular flexibility index (Phi) is 9.42.